The minimum absolute atomic E-state index is 0.103. The zero-order chi connectivity index (χ0) is 26.0. The number of nitrogen functional groups attached to an aromatic ring is 1. The van der Waals surface area contributed by atoms with Gasteiger partial charge in [-0.1, -0.05) is 6.07 Å². The van der Waals surface area contributed by atoms with Gasteiger partial charge in [0.15, 0.2) is 0 Å². The number of nitrogens with one attached hydrogen (secondary N) is 2. The van der Waals surface area contributed by atoms with Crippen molar-refractivity contribution >= 4 is 35.1 Å². The highest BCUT2D eigenvalue weighted by Crippen LogP contribution is 2.31. The van der Waals surface area contributed by atoms with Crippen molar-refractivity contribution in [3.63, 3.8) is 0 Å². The van der Waals surface area contributed by atoms with Gasteiger partial charge >= 0.3 is 0 Å². The Kier molecular flexibility index (Phi) is 9.34. The van der Waals surface area contributed by atoms with Gasteiger partial charge < -0.3 is 41.2 Å². The van der Waals surface area contributed by atoms with Crippen molar-refractivity contribution in [3.05, 3.63) is 23.9 Å². The van der Waals surface area contributed by atoms with Gasteiger partial charge in [0, 0.05) is 38.3 Å². The molecule has 0 aliphatic carbocycles. The van der Waals surface area contributed by atoms with Crippen LogP contribution in [0.25, 0.3) is 0 Å². The number of aliphatic hydroxyl groups excluding tert-OH is 3. The van der Waals surface area contributed by atoms with Gasteiger partial charge in [0.1, 0.15) is 41.7 Å². The Hall–Kier alpha value is -1.22. The van der Waals surface area contributed by atoms with Crippen LogP contribution in [0, 0.1) is 5.92 Å². The van der Waals surface area contributed by atoms with E-state index in [0.29, 0.717) is 25.5 Å². The Bertz CT molecular complexity index is 883. The quantitative estimate of drug-likeness (QED) is 0.227. The average molecular weight is 546 g/mol. The summed E-state index contributed by atoms with van der Waals surface area (Å²) in [7, 11) is 0. The molecule has 0 bridgehead atoms. The number of halogens is 1. The second-order valence-electron chi connectivity index (χ2n) is 9.70. The van der Waals surface area contributed by atoms with Crippen LogP contribution in [0.15, 0.2) is 18.3 Å². The number of pyridine rings is 1. The van der Waals surface area contributed by atoms with Gasteiger partial charge in [0.2, 0.25) is 5.91 Å². The number of nitrogens with zero attached hydrogens (tertiary/aromatic N) is 2. The molecule has 4 unspecified atom stereocenters. The predicted octanol–water partition coefficient (Wildman–Crippen LogP) is -1.26. The first-order valence-corrected chi connectivity index (χ1v) is 13.9. The number of aromatic nitrogens is 1. The summed E-state index contributed by atoms with van der Waals surface area (Å²) in [4.78, 5) is 19.8. The maximum absolute atomic E-state index is 13.4. The Morgan fingerprint density at radius 3 is 2.81 bits per heavy atom. The number of carbonyl (C=O) groups excluding carboxylic acids is 1. The van der Waals surface area contributed by atoms with Crippen LogP contribution >= 0.6 is 23.4 Å². The van der Waals surface area contributed by atoms with Crippen LogP contribution in [0.3, 0.4) is 0 Å². The smallest absolute Gasteiger partial charge is 0.240 e. The molecule has 0 spiro atoms. The van der Waals surface area contributed by atoms with Crippen LogP contribution in [-0.4, -0.2) is 117 Å². The Labute approximate surface area is 220 Å². The first-order chi connectivity index (χ1) is 17.2. The minimum atomic E-state index is -1.42. The summed E-state index contributed by atoms with van der Waals surface area (Å²) in [6.45, 7) is 4.97. The highest BCUT2D eigenvalue weighted by atomic mass is 35.5. The molecule has 36 heavy (non-hydrogen) atoms. The molecule has 0 saturated carbocycles. The summed E-state index contributed by atoms with van der Waals surface area (Å²) in [6.07, 6.45) is -1.90. The molecular weight excluding hydrogens is 510 g/mol. The Morgan fingerprint density at radius 1 is 1.36 bits per heavy atom. The standard InChI is InChI=1S/C23H36ClN5O6S/c1-11(24)15(21-18(31)17(30)19(32)23(35-21)36-2)28-22(33)16-20-13(8-27-16)10-29(5-6-34-20)9-12-3-4-14(25)26-7-12/h3-4,7,11,13,15-21,23,27,30-32H,5-6,8-10H2,1-2H3,(H2,25,26)(H,28,33)/t11?,13-,15-,16+,17?,18?,19-,20-,21-,23?/m1/s1. The Morgan fingerprint density at radius 2 is 2.14 bits per heavy atom. The summed E-state index contributed by atoms with van der Waals surface area (Å²) in [6, 6.07) is 2.35. The zero-order valence-electron chi connectivity index (χ0n) is 20.4. The van der Waals surface area contributed by atoms with E-state index in [1.165, 1.54) is 11.8 Å². The lowest BCUT2D eigenvalue weighted by Crippen LogP contribution is -2.65. The van der Waals surface area contributed by atoms with Gasteiger partial charge in [-0.3, -0.25) is 9.69 Å². The van der Waals surface area contributed by atoms with Crippen LogP contribution in [0.5, 0.6) is 0 Å². The second-order valence-corrected chi connectivity index (χ2v) is 11.3. The molecule has 1 amide bonds. The summed E-state index contributed by atoms with van der Waals surface area (Å²) in [5, 5.41) is 36.7. The van der Waals surface area contributed by atoms with Crippen molar-refractivity contribution in [1.82, 2.24) is 20.5 Å². The monoisotopic (exact) mass is 545 g/mol. The fourth-order valence-electron chi connectivity index (χ4n) is 5.18. The number of carbonyl (C=O) groups is 1. The van der Waals surface area contributed by atoms with E-state index in [1.807, 2.05) is 6.07 Å². The highest BCUT2D eigenvalue weighted by Gasteiger charge is 2.49. The van der Waals surface area contributed by atoms with Crippen LogP contribution in [-0.2, 0) is 20.8 Å². The molecule has 3 fully saturated rings. The van der Waals surface area contributed by atoms with E-state index >= 15 is 0 Å². The number of aliphatic hydroxyl groups is 3. The van der Waals surface area contributed by atoms with E-state index in [4.69, 9.17) is 26.8 Å². The van der Waals surface area contributed by atoms with Crippen LogP contribution in [0.2, 0.25) is 0 Å². The van der Waals surface area contributed by atoms with Gasteiger partial charge in [-0.15, -0.1) is 23.4 Å². The van der Waals surface area contributed by atoms with E-state index in [1.54, 1.807) is 25.4 Å². The maximum Gasteiger partial charge on any atom is 0.240 e. The van der Waals surface area contributed by atoms with E-state index in [-0.39, 0.29) is 17.9 Å². The van der Waals surface area contributed by atoms with Gasteiger partial charge in [0.25, 0.3) is 0 Å². The number of thioether (sulfide) groups is 1. The first-order valence-electron chi connectivity index (χ1n) is 12.1. The van der Waals surface area contributed by atoms with Gasteiger partial charge in [0.05, 0.1) is 24.1 Å². The number of alkyl halides is 1. The fraction of sp³-hybridized carbons (Fsp3) is 0.739. The zero-order valence-corrected chi connectivity index (χ0v) is 21.9. The Balaban J connectivity index is 1.40. The number of fused-ring (bicyclic) bond motifs is 1. The molecule has 202 valence electrons. The van der Waals surface area contributed by atoms with Crippen LogP contribution in [0.1, 0.15) is 12.5 Å². The summed E-state index contributed by atoms with van der Waals surface area (Å²) in [5.41, 5.74) is 5.99. The molecule has 3 aliphatic heterocycles. The molecular formula is C23H36ClN5O6S. The minimum Gasteiger partial charge on any atom is -0.388 e. The summed E-state index contributed by atoms with van der Waals surface area (Å²) >= 11 is 7.62. The molecule has 7 N–H and O–H groups in total. The van der Waals surface area contributed by atoms with E-state index < -0.39 is 47.3 Å². The molecule has 3 saturated heterocycles. The van der Waals surface area contributed by atoms with Crippen molar-refractivity contribution in [2.45, 2.75) is 66.9 Å². The second kappa shape index (κ2) is 12.1. The summed E-state index contributed by atoms with van der Waals surface area (Å²) < 4.78 is 12.0. The molecule has 0 aromatic carbocycles. The van der Waals surface area contributed by atoms with Crippen molar-refractivity contribution in [1.29, 1.82) is 0 Å². The fourth-order valence-corrected chi connectivity index (χ4v) is 6.06. The number of amides is 1. The summed E-state index contributed by atoms with van der Waals surface area (Å²) in [5.74, 6) is 0.275. The molecule has 1 aromatic rings. The normalized spacial score (nSPS) is 37.1. The third kappa shape index (κ3) is 6.08. The lowest BCUT2D eigenvalue weighted by Gasteiger charge is -2.44. The lowest BCUT2D eigenvalue weighted by atomic mass is 9.92. The number of hydrogen-bond acceptors (Lipinski definition) is 11. The predicted molar refractivity (Wildman–Crippen MR) is 136 cm³/mol. The van der Waals surface area contributed by atoms with Crippen LogP contribution < -0.4 is 16.4 Å². The van der Waals surface area contributed by atoms with Gasteiger partial charge in [-0.05, 0) is 24.8 Å². The van der Waals surface area contributed by atoms with Crippen molar-refractivity contribution in [2.24, 2.45) is 5.92 Å². The average Bonchev–Trinajstić information content (AvgIpc) is 3.14. The molecule has 0 radical (unpaired) electrons. The molecule has 11 nitrogen and oxygen atoms in total. The molecule has 3 aliphatic rings. The van der Waals surface area contributed by atoms with E-state index in [2.05, 4.69) is 20.5 Å². The number of anilines is 1. The highest BCUT2D eigenvalue weighted by molar-refractivity contribution is 7.99. The molecule has 13 heteroatoms. The SMILES string of the molecule is CSC1O[C@H]([C@H](NC(=O)[C@H]2NC[C@@H]3CN(Cc4ccc(N)nc4)CCO[C@H]32)C(C)Cl)C(O)C(O)[C@H]1O. The number of nitrogens with two attached hydrogens (primary N) is 1. The molecule has 1 aromatic heterocycles. The maximum atomic E-state index is 13.4. The largest absolute Gasteiger partial charge is 0.388 e. The van der Waals surface area contributed by atoms with Crippen molar-refractivity contribution in [2.75, 3.05) is 38.2 Å². The number of hydrogen-bond donors (Lipinski definition) is 6. The molecule has 4 heterocycles. The van der Waals surface area contributed by atoms with Crippen LogP contribution in [0.4, 0.5) is 5.82 Å². The van der Waals surface area contributed by atoms with Crippen molar-refractivity contribution < 1.29 is 29.6 Å². The topological polar surface area (TPSA) is 162 Å². The first kappa shape index (κ1) is 27.8. The molecule has 10 atom stereocenters. The van der Waals surface area contributed by atoms with Crippen molar-refractivity contribution in [3.8, 4) is 0 Å². The number of rotatable bonds is 7. The lowest BCUT2D eigenvalue weighted by molar-refractivity contribution is -0.205. The number of ether oxygens (including phenoxy) is 2. The third-order valence-electron chi connectivity index (χ3n) is 7.14. The third-order valence-corrected chi connectivity index (χ3v) is 8.26. The van der Waals surface area contributed by atoms with Gasteiger partial charge in [-0.25, -0.2) is 4.98 Å². The van der Waals surface area contributed by atoms with E-state index in [9.17, 15) is 20.1 Å². The molecule has 4 rings (SSSR count). The van der Waals surface area contributed by atoms with Gasteiger partial charge in [-0.2, -0.15) is 0 Å². The van der Waals surface area contributed by atoms with E-state index in [0.717, 1.165) is 18.7 Å².